The van der Waals surface area contributed by atoms with E-state index in [1.807, 2.05) is 0 Å². The van der Waals surface area contributed by atoms with Crippen molar-refractivity contribution in [1.82, 2.24) is 0 Å². The molecule has 1 aromatic carbocycles. The van der Waals surface area contributed by atoms with E-state index in [1.165, 1.54) is 18.2 Å². The topological polar surface area (TPSA) is 145 Å². The first-order valence-corrected chi connectivity index (χ1v) is 6.67. The van der Waals surface area contributed by atoms with E-state index in [4.69, 9.17) is 9.84 Å². The number of benzene rings is 1. The molecule has 9 nitrogen and oxygen atoms in total. The Morgan fingerprint density at radius 3 is 2.68 bits per heavy atom. The zero-order chi connectivity index (χ0) is 16.4. The molecule has 0 unspecified atom stereocenters. The fourth-order valence-corrected chi connectivity index (χ4v) is 2.28. The number of hydrogen-bond acceptors (Lipinski definition) is 8. The van der Waals surface area contributed by atoms with Crippen LogP contribution in [0.4, 0.5) is 11.4 Å². The first-order valence-electron chi connectivity index (χ1n) is 6.67. The molecule has 0 aromatic heterocycles. The zero-order valence-electron chi connectivity index (χ0n) is 11.8. The second-order valence-electron chi connectivity index (χ2n) is 5.15. The highest BCUT2D eigenvalue weighted by atomic mass is 16.6. The third kappa shape index (κ3) is 3.18. The lowest BCUT2D eigenvalue weighted by Gasteiger charge is -2.20. The molecule has 1 aromatic rings. The van der Waals surface area contributed by atoms with Crippen LogP contribution in [0.25, 0.3) is 0 Å². The molecule has 1 heterocycles. The molecule has 2 rings (SSSR count). The van der Waals surface area contributed by atoms with Crippen molar-refractivity contribution in [2.45, 2.75) is 37.6 Å². The van der Waals surface area contributed by atoms with Crippen LogP contribution in [0.1, 0.15) is 5.56 Å². The summed E-state index contributed by atoms with van der Waals surface area (Å²) < 4.78 is 5.31. The molecular weight excluding hydrogens is 296 g/mol. The van der Waals surface area contributed by atoms with Gasteiger partial charge in [0.2, 0.25) is 0 Å². The highest BCUT2D eigenvalue weighted by molar-refractivity contribution is 5.57. The summed E-state index contributed by atoms with van der Waals surface area (Å²) in [7, 11) is 0. The van der Waals surface area contributed by atoms with Gasteiger partial charge in [0, 0.05) is 17.8 Å². The van der Waals surface area contributed by atoms with Crippen molar-refractivity contribution >= 4 is 11.4 Å². The van der Waals surface area contributed by atoms with Gasteiger partial charge < -0.3 is 30.5 Å². The van der Waals surface area contributed by atoms with E-state index >= 15 is 0 Å². The fraction of sp³-hybridized carbons (Fsp3) is 0.538. The maximum Gasteiger partial charge on any atom is 0.271 e. The first kappa shape index (κ1) is 16.6. The van der Waals surface area contributed by atoms with Crippen molar-refractivity contribution in [2.75, 3.05) is 11.9 Å². The fourth-order valence-electron chi connectivity index (χ4n) is 2.28. The van der Waals surface area contributed by atoms with Crippen LogP contribution in [0.2, 0.25) is 0 Å². The summed E-state index contributed by atoms with van der Waals surface area (Å²) in [5.41, 5.74) is 0.916. The van der Waals surface area contributed by atoms with Gasteiger partial charge in [0.05, 0.1) is 11.5 Å². The average molecular weight is 314 g/mol. The first-order chi connectivity index (χ1) is 10.3. The Bertz CT molecular complexity index is 553. The van der Waals surface area contributed by atoms with Crippen LogP contribution in [0.3, 0.4) is 0 Å². The molecule has 9 heteroatoms. The molecule has 122 valence electrons. The molecule has 0 spiro atoms. The van der Waals surface area contributed by atoms with E-state index in [0.717, 1.165) is 0 Å². The minimum Gasteiger partial charge on any atom is -0.394 e. The molecular formula is C13H18N2O7. The molecule has 0 saturated carbocycles. The van der Waals surface area contributed by atoms with Gasteiger partial charge in [0.25, 0.3) is 5.69 Å². The summed E-state index contributed by atoms with van der Waals surface area (Å²) in [6.45, 7) is 1.08. The van der Waals surface area contributed by atoms with Crippen LogP contribution in [-0.2, 0) is 4.74 Å². The number of nitrogens with zero attached hydrogens (tertiary/aromatic N) is 1. The number of hydrogen-bond donors (Lipinski definition) is 5. The van der Waals surface area contributed by atoms with Crippen LogP contribution in [0.5, 0.6) is 0 Å². The van der Waals surface area contributed by atoms with Gasteiger partial charge in [-0.2, -0.15) is 0 Å². The van der Waals surface area contributed by atoms with Crippen molar-refractivity contribution in [3.8, 4) is 0 Å². The third-order valence-electron chi connectivity index (χ3n) is 3.60. The molecule has 0 radical (unpaired) electrons. The van der Waals surface area contributed by atoms with Gasteiger partial charge in [-0.1, -0.05) is 6.07 Å². The van der Waals surface area contributed by atoms with E-state index in [9.17, 15) is 25.4 Å². The number of ether oxygens (including phenoxy) is 1. The van der Waals surface area contributed by atoms with Crippen molar-refractivity contribution in [1.29, 1.82) is 0 Å². The van der Waals surface area contributed by atoms with Crippen LogP contribution < -0.4 is 5.32 Å². The van der Waals surface area contributed by atoms with Crippen LogP contribution >= 0.6 is 0 Å². The standard InChI is InChI=1S/C13H18N2O7/c1-6-2-3-7(15(20)21)4-8(6)14-13-11(19)10(18)12(22-13)9(17)5-16/h2-4,9-14,16-19H,5H2,1H3/t9-,10+,11-,12+,13+/m1/s1. The lowest BCUT2D eigenvalue weighted by Crippen LogP contribution is -2.40. The largest absolute Gasteiger partial charge is 0.394 e. The Morgan fingerprint density at radius 2 is 2.09 bits per heavy atom. The van der Waals surface area contributed by atoms with E-state index < -0.39 is 42.2 Å². The number of aliphatic hydroxyl groups excluding tert-OH is 4. The summed E-state index contributed by atoms with van der Waals surface area (Å²) >= 11 is 0. The summed E-state index contributed by atoms with van der Waals surface area (Å²) in [5, 5.41) is 51.8. The predicted octanol–water partition coefficient (Wildman–Crippen LogP) is -0.885. The maximum atomic E-state index is 10.8. The Morgan fingerprint density at radius 1 is 1.41 bits per heavy atom. The van der Waals surface area contributed by atoms with Crippen molar-refractivity contribution in [2.24, 2.45) is 0 Å². The molecule has 0 aliphatic carbocycles. The minimum absolute atomic E-state index is 0.131. The Hall–Kier alpha value is -1.78. The SMILES string of the molecule is Cc1ccc([N+](=O)[O-])cc1N[C@H]1O[C@@H]([C@H](O)CO)[C@@H](O)[C@H]1O. The van der Waals surface area contributed by atoms with E-state index in [1.54, 1.807) is 6.92 Å². The molecule has 5 N–H and O–H groups in total. The molecule has 22 heavy (non-hydrogen) atoms. The molecule has 1 fully saturated rings. The zero-order valence-corrected chi connectivity index (χ0v) is 11.8. The summed E-state index contributed by atoms with van der Waals surface area (Å²) in [6.07, 6.45) is -6.32. The Kier molecular flexibility index (Phi) is 4.94. The summed E-state index contributed by atoms with van der Waals surface area (Å²) in [6, 6.07) is 4.17. The molecule has 1 aliphatic heterocycles. The molecule has 0 amide bonds. The highest BCUT2D eigenvalue weighted by Crippen LogP contribution is 2.28. The number of non-ortho nitro benzene ring substituents is 1. The van der Waals surface area contributed by atoms with Gasteiger partial charge in [-0.3, -0.25) is 10.1 Å². The van der Waals surface area contributed by atoms with Gasteiger partial charge in [0.1, 0.15) is 24.4 Å². The smallest absolute Gasteiger partial charge is 0.271 e. The molecule has 5 atom stereocenters. The Balaban J connectivity index is 2.17. The minimum atomic E-state index is -1.39. The average Bonchev–Trinajstić information content (AvgIpc) is 2.77. The van der Waals surface area contributed by atoms with Gasteiger partial charge >= 0.3 is 0 Å². The van der Waals surface area contributed by atoms with Crippen molar-refractivity contribution < 1.29 is 30.1 Å². The van der Waals surface area contributed by atoms with Crippen LogP contribution in [-0.4, -0.2) is 62.6 Å². The predicted molar refractivity (Wildman–Crippen MR) is 75.2 cm³/mol. The van der Waals surface area contributed by atoms with Crippen LogP contribution in [0, 0.1) is 17.0 Å². The number of aliphatic hydroxyl groups is 4. The number of anilines is 1. The van der Waals surface area contributed by atoms with Gasteiger partial charge in [0.15, 0.2) is 6.23 Å². The number of rotatable bonds is 5. The Labute approximate surface area is 125 Å². The van der Waals surface area contributed by atoms with E-state index in [2.05, 4.69) is 5.32 Å². The quantitative estimate of drug-likeness (QED) is 0.348. The highest BCUT2D eigenvalue weighted by Gasteiger charge is 2.45. The number of aryl methyl sites for hydroxylation is 1. The van der Waals surface area contributed by atoms with E-state index in [-0.39, 0.29) is 5.69 Å². The van der Waals surface area contributed by atoms with E-state index in [0.29, 0.717) is 11.3 Å². The number of nitrogens with one attached hydrogen (secondary N) is 1. The second kappa shape index (κ2) is 6.55. The third-order valence-corrected chi connectivity index (χ3v) is 3.60. The molecule has 0 bridgehead atoms. The maximum absolute atomic E-state index is 10.8. The lowest BCUT2D eigenvalue weighted by molar-refractivity contribution is -0.384. The number of nitro benzene ring substituents is 1. The molecule has 1 saturated heterocycles. The van der Waals surface area contributed by atoms with Gasteiger partial charge in [-0.05, 0) is 12.5 Å². The normalized spacial score (nSPS) is 29.3. The van der Waals surface area contributed by atoms with Crippen LogP contribution in [0.15, 0.2) is 18.2 Å². The van der Waals surface area contributed by atoms with Crippen molar-refractivity contribution in [3.05, 3.63) is 33.9 Å². The second-order valence-corrected chi connectivity index (χ2v) is 5.15. The van der Waals surface area contributed by atoms with Crippen molar-refractivity contribution in [3.63, 3.8) is 0 Å². The monoisotopic (exact) mass is 314 g/mol. The number of nitro groups is 1. The summed E-state index contributed by atoms with van der Waals surface area (Å²) in [5.74, 6) is 0. The molecule has 1 aliphatic rings. The summed E-state index contributed by atoms with van der Waals surface area (Å²) in [4.78, 5) is 10.2. The lowest BCUT2D eigenvalue weighted by atomic mass is 10.1. The van der Waals surface area contributed by atoms with Gasteiger partial charge in [-0.15, -0.1) is 0 Å². The van der Waals surface area contributed by atoms with Gasteiger partial charge in [-0.25, -0.2) is 0 Å².